The van der Waals surface area contributed by atoms with Crippen LogP contribution in [0.2, 0.25) is 4.34 Å². The quantitative estimate of drug-likeness (QED) is 0.287. The number of aliphatic hydroxyl groups excluding tert-OH is 1. The lowest BCUT2D eigenvalue weighted by atomic mass is 10.0. The van der Waals surface area contributed by atoms with E-state index in [1.165, 1.54) is 23.5 Å². The first kappa shape index (κ1) is 28.6. The molecule has 0 radical (unpaired) electrons. The number of fused-ring (bicyclic) bond motifs is 1. The molecule has 1 aromatic carbocycles. The summed E-state index contributed by atoms with van der Waals surface area (Å²) in [5.41, 5.74) is 1.41. The van der Waals surface area contributed by atoms with Crippen molar-refractivity contribution >= 4 is 49.9 Å². The van der Waals surface area contributed by atoms with Crippen LogP contribution in [0.4, 0.5) is 4.79 Å². The maximum absolute atomic E-state index is 12.9. The van der Waals surface area contributed by atoms with Gasteiger partial charge in [0.25, 0.3) is 0 Å². The van der Waals surface area contributed by atoms with E-state index in [0.29, 0.717) is 32.9 Å². The Bertz CT molecular complexity index is 1600. The number of hydrogen-bond donors (Lipinski definition) is 2. The van der Waals surface area contributed by atoms with Crippen LogP contribution in [-0.4, -0.2) is 76.8 Å². The molecule has 14 heteroatoms. The van der Waals surface area contributed by atoms with Gasteiger partial charge in [-0.05, 0) is 57.0 Å². The van der Waals surface area contributed by atoms with E-state index in [1.54, 1.807) is 22.8 Å². The molecule has 5 rings (SSSR count). The van der Waals surface area contributed by atoms with Crippen molar-refractivity contribution in [3.8, 4) is 16.6 Å². The van der Waals surface area contributed by atoms with Crippen LogP contribution < -0.4 is 10.1 Å². The number of piperidine rings is 1. The molecule has 0 atom stereocenters. The molecule has 214 valence electrons. The molecule has 0 saturated carbocycles. The Kier molecular flexibility index (Phi) is 8.47. The van der Waals surface area contributed by atoms with Crippen molar-refractivity contribution in [1.29, 1.82) is 0 Å². The molecule has 1 aliphatic rings. The lowest BCUT2D eigenvalue weighted by molar-refractivity contribution is 0.150. The number of carbonyl (C=O) groups excluding carboxylic acids is 1. The highest BCUT2D eigenvalue weighted by molar-refractivity contribution is 7.91. The number of sulfone groups is 1. The summed E-state index contributed by atoms with van der Waals surface area (Å²) < 4.78 is 38.5. The minimum absolute atomic E-state index is 0.00691. The molecule has 1 amide bonds. The molecule has 0 bridgehead atoms. The van der Waals surface area contributed by atoms with Crippen LogP contribution in [0, 0.1) is 0 Å². The van der Waals surface area contributed by atoms with Crippen LogP contribution in [0.15, 0.2) is 45.8 Å². The first-order chi connectivity index (χ1) is 19.1. The molecule has 1 aliphatic heterocycles. The number of rotatable bonds is 9. The standard InChI is InChI=1S/C26H30ClN5O6S2/c1-16(2)31-9-7-17(8-10-31)28-26(34)37-25-29-20-14-19(40(35,36)12-11-33)3-4-21(20)32(25)15-18-13-22(38-30-18)23-5-6-24(27)39-23/h3-6,13-14,16-17,33H,7-12,15H2,1-2H3,(H,28,34). The highest BCUT2D eigenvalue weighted by Crippen LogP contribution is 2.32. The van der Waals surface area contributed by atoms with Gasteiger partial charge in [0.05, 0.1) is 44.0 Å². The van der Waals surface area contributed by atoms with Crippen LogP contribution in [0.1, 0.15) is 32.4 Å². The average Bonchev–Trinajstić information content (AvgIpc) is 3.63. The van der Waals surface area contributed by atoms with Crippen molar-refractivity contribution in [2.75, 3.05) is 25.4 Å². The third-order valence-electron chi connectivity index (χ3n) is 6.86. The zero-order chi connectivity index (χ0) is 28.4. The van der Waals surface area contributed by atoms with Crippen molar-refractivity contribution in [3.05, 3.63) is 46.4 Å². The smallest absolute Gasteiger partial charge is 0.395 e. The molecule has 4 aromatic rings. The van der Waals surface area contributed by atoms with Gasteiger partial charge in [0.15, 0.2) is 15.6 Å². The second-order valence-corrected chi connectivity index (χ2v) is 13.7. The summed E-state index contributed by atoms with van der Waals surface area (Å²) in [6.45, 7) is 5.73. The molecule has 3 aromatic heterocycles. The second kappa shape index (κ2) is 11.9. The number of nitrogens with zero attached hydrogens (tertiary/aromatic N) is 4. The molecule has 0 aliphatic carbocycles. The van der Waals surface area contributed by atoms with Gasteiger partial charge in [-0.15, -0.1) is 11.3 Å². The van der Waals surface area contributed by atoms with E-state index in [0.717, 1.165) is 30.8 Å². The number of amides is 1. The Hall–Kier alpha value is -2.97. The van der Waals surface area contributed by atoms with Gasteiger partial charge in [0.1, 0.15) is 5.69 Å². The predicted octanol–water partition coefficient (Wildman–Crippen LogP) is 4.18. The summed E-state index contributed by atoms with van der Waals surface area (Å²) in [6, 6.07) is 10.2. The van der Waals surface area contributed by atoms with Gasteiger partial charge < -0.3 is 24.6 Å². The third-order valence-corrected chi connectivity index (χ3v) is 9.80. The molecular weight excluding hydrogens is 578 g/mol. The molecule has 0 spiro atoms. The van der Waals surface area contributed by atoms with E-state index >= 15 is 0 Å². The fourth-order valence-corrected chi connectivity index (χ4v) is 6.73. The Morgan fingerprint density at radius 2 is 2.02 bits per heavy atom. The first-order valence-electron chi connectivity index (χ1n) is 12.9. The summed E-state index contributed by atoms with van der Waals surface area (Å²) in [5.74, 6) is 0.136. The Balaban J connectivity index is 1.41. The molecule has 0 unspecified atom stereocenters. The first-order valence-corrected chi connectivity index (χ1v) is 15.7. The van der Waals surface area contributed by atoms with Gasteiger partial charge in [0, 0.05) is 31.2 Å². The fraction of sp³-hybridized carbons (Fsp3) is 0.423. The van der Waals surface area contributed by atoms with Crippen molar-refractivity contribution in [1.82, 2.24) is 24.9 Å². The van der Waals surface area contributed by atoms with E-state index in [4.69, 9.17) is 26.0 Å². The normalized spacial score (nSPS) is 15.2. The monoisotopic (exact) mass is 607 g/mol. The number of nitrogens with one attached hydrogen (secondary N) is 1. The average molecular weight is 608 g/mol. The van der Waals surface area contributed by atoms with Crippen molar-refractivity contribution < 1.29 is 27.6 Å². The summed E-state index contributed by atoms with van der Waals surface area (Å²) in [7, 11) is -3.70. The van der Waals surface area contributed by atoms with Crippen molar-refractivity contribution in [2.24, 2.45) is 0 Å². The van der Waals surface area contributed by atoms with Crippen molar-refractivity contribution in [3.63, 3.8) is 0 Å². The highest BCUT2D eigenvalue weighted by atomic mass is 35.5. The number of likely N-dealkylation sites (tertiary alicyclic amines) is 1. The Morgan fingerprint density at radius 1 is 1.25 bits per heavy atom. The van der Waals surface area contributed by atoms with Gasteiger partial charge in [-0.2, -0.15) is 4.98 Å². The Labute approximate surface area is 240 Å². The third kappa shape index (κ3) is 6.33. The van der Waals surface area contributed by atoms with E-state index in [-0.39, 0.29) is 23.5 Å². The summed E-state index contributed by atoms with van der Waals surface area (Å²) in [5, 5.41) is 16.2. The number of benzene rings is 1. The Morgan fingerprint density at radius 3 is 2.70 bits per heavy atom. The zero-order valence-electron chi connectivity index (χ0n) is 22.0. The SMILES string of the molecule is CC(C)N1CCC(NC(=O)Oc2nc3cc(S(=O)(=O)CCO)ccc3n2Cc2cc(-c3ccc(Cl)s3)on2)CC1. The number of imidazole rings is 1. The maximum atomic E-state index is 12.9. The number of thiophene rings is 1. The van der Waals surface area contributed by atoms with Crippen LogP contribution >= 0.6 is 22.9 Å². The number of ether oxygens (including phenoxy) is 1. The molecular formula is C26H30ClN5O6S2. The van der Waals surface area contributed by atoms with E-state index in [1.807, 2.05) is 6.07 Å². The van der Waals surface area contributed by atoms with Crippen molar-refractivity contribution in [2.45, 2.75) is 50.2 Å². The lowest BCUT2D eigenvalue weighted by Gasteiger charge is -2.34. The lowest BCUT2D eigenvalue weighted by Crippen LogP contribution is -2.47. The van der Waals surface area contributed by atoms with E-state index in [9.17, 15) is 13.2 Å². The molecule has 11 nitrogen and oxygen atoms in total. The molecule has 4 heterocycles. The van der Waals surface area contributed by atoms with Crippen LogP contribution in [0.3, 0.4) is 0 Å². The van der Waals surface area contributed by atoms with Crippen LogP contribution in [-0.2, 0) is 16.4 Å². The number of hydrogen-bond acceptors (Lipinski definition) is 10. The summed E-state index contributed by atoms with van der Waals surface area (Å²) in [6.07, 6.45) is 0.982. The number of aliphatic hydroxyl groups is 1. The van der Waals surface area contributed by atoms with Gasteiger partial charge in [-0.25, -0.2) is 13.2 Å². The fourth-order valence-electron chi connectivity index (χ4n) is 4.70. The molecule has 2 N–H and O–H groups in total. The van der Waals surface area contributed by atoms with E-state index < -0.39 is 28.3 Å². The van der Waals surface area contributed by atoms with Gasteiger partial charge in [0.2, 0.25) is 0 Å². The molecule has 1 saturated heterocycles. The number of aromatic nitrogens is 3. The van der Waals surface area contributed by atoms with Crippen LogP contribution in [0.5, 0.6) is 6.01 Å². The highest BCUT2D eigenvalue weighted by Gasteiger charge is 2.25. The summed E-state index contributed by atoms with van der Waals surface area (Å²) in [4.78, 5) is 20.6. The summed E-state index contributed by atoms with van der Waals surface area (Å²) >= 11 is 7.41. The molecule has 1 fully saturated rings. The largest absolute Gasteiger partial charge is 0.415 e. The predicted molar refractivity (Wildman–Crippen MR) is 152 cm³/mol. The zero-order valence-corrected chi connectivity index (χ0v) is 24.4. The molecule has 40 heavy (non-hydrogen) atoms. The number of halogens is 1. The maximum Gasteiger partial charge on any atom is 0.415 e. The minimum Gasteiger partial charge on any atom is -0.395 e. The second-order valence-electron chi connectivity index (χ2n) is 9.90. The van der Waals surface area contributed by atoms with Gasteiger partial charge in [-0.3, -0.25) is 4.57 Å². The topological polar surface area (TPSA) is 140 Å². The minimum atomic E-state index is -3.70. The van der Waals surface area contributed by atoms with Gasteiger partial charge in [-0.1, -0.05) is 16.8 Å². The van der Waals surface area contributed by atoms with E-state index in [2.05, 4.69) is 34.2 Å². The van der Waals surface area contributed by atoms with Gasteiger partial charge >= 0.3 is 12.1 Å². The van der Waals surface area contributed by atoms with Crippen LogP contribution in [0.25, 0.3) is 21.7 Å². The number of carbonyl (C=O) groups is 1.